The lowest BCUT2D eigenvalue weighted by atomic mass is 9.84. The van der Waals surface area contributed by atoms with E-state index in [0.29, 0.717) is 6.54 Å². The Bertz CT molecular complexity index is 536. The van der Waals surface area contributed by atoms with Crippen molar-refractivity contribution >= 4 is 11.2 Å². The molecule has 0 aliphatic heterocycles. The molecule has 2 aromatic heterocycles. The zero-order valence-electron chi connectivity index (χ0n) is 11.6. The predicted molar refractivity (Wildman–Crippen MR) is 74.5 cm³/mol. The summed E-state index contributed by atoms with van der Waals surface area (Å²) in [4.78, 5) is 12.4. The largest absolute Gasteiger partial charge is 0.340 e. The zero-order chi connectivity index (χ0) is 13.3. The van der Waals surface area contributed by atoms with E-state index in [2.05, 4.69) is 35.7 Å². The quantitative estimate of drug-likeness (QED) is 0.875. The topological polar surface area (TPSA) is 67.6 Å². The molecule has 1 atom stereocenters. The number of nitrogens with two attached hydrogens (primary N) is 1. The number of imidazole rings is 1. The van der Waals surface area contributed by atoms with Crippen molar-refractivity contribution < 1.29 is 0 Å². The molecule has 98 valence electrons. The Balaban J connectivity index is 2.34. The van der Waals surface area contributed by atoms with E-state index in [4.69, 9.17) is 5.73 Å². The first-order chi connectivity index (χ1) is 8.39. The van der Waals surface area contributed by atoms with Gasteiger partial charge in [-0.15, -0.1) is 0 Å². The summed E-state index contributed by atoms with van der Waals surface area (Å²) in [6, 6.07) is 4.02. The van der Waals surface area contributed by atoms with Gasteiger partial charge in [0.1, 0.15) is 5.82 Å². The van der Waals surface area contributed by atoms with Crippen LogP contribution in [0.2, 0.25) is 0 Å². The molecule has 0 aromatic carbocycles. The lowest BCUT2D eigenvalue weighted by Gasteiger charge is -2.23. The molecule has 2 aromatic rings. The van der Waals surface area contributed by atoms with Crippen molar-refractivity contribution in [1.29, 1.82) is 0 Å². The number of aromatic nitrogens is 3. The molecule has 0 amide bonds. The average Bonchev–Trinajstić information content (AvgIpc) is 2.67. The first-order valence-electron chi connectivity index (χ1n) is 6.42. The monoisotopic (exact) mass is 246 g/mol. The van der Waals surface area contributed by atoms with Crippen LogP contribution in [0.3, 0.4) is 0 Å². The molecule has 4 heteroatoms. The van der Waals surface area contributed by atoms with Crippen molar-refractivity contribution in [1.82, 2.24) is 15.0 Å². The summed E-state index contributed by atoms with van der Waals surface area (Å²) < 4.78 is 0. The fourth-order valence-corrected chi connectivity index (χ4v) is 2.23. The second-order valence-corrected chi connectivity index (χ2v) is 6.14. The fourth-order valence-electron chi connectivity index (χ4n) is 2.23. The number of aryl methyl sites for hydroxylation is 1. The van der Waals surface area contributed by atoms with E-state index in [1.807, 2.05) is 19.1 Å². The third kappa shape index (κ3) is 2.88. The van der Waals surface area contributed by atoms with Gasteiger partial charge in [0.05, 0.1) is 5.52 Å². The summed E-state index contributed by atoms with van der Waals surface area (Å²) in [5.41, 5.74) is 8.89. The third-order valence-corrected chi connectivity index (χ3v) is 3.03. The highest BCUT2D eigenvalue weighted by atomic mass is 15.0. The van der Waals surface area contributed by atoms with Gasteiger partial charge in [-0.25, -0.2) is 9.97 Å². The van der Waals surface area contributed by atoms with Gasteiger partial charge in [0, 0.05) is 18.2 Å². The van der Waals surface area contributed by atoms with Crippen molar-refractivity contribution in [3.63, 3.8) is 0 Å². The molecule has 0 aliphatic rings. The number of aromatic amines is 1. The second kappa shape index (κ2) is 4.69. The molecule has 0 saturated carbocycles. The van der Waals surface area contributed by atoms with Crippen molar-refractivity contribution in [3.05, 3.63) is 23.7 Å². The minimum atomic E-state index is 0.242. The van der Waals surface area contributed by atoms with E-state index in [0.717, 1.165) is 29.1 Å². The Kier molecular flexibility index (Phi) is 3.39. The van der Waals surface area contributed by atoms with Crippen LogP contribution >= 0.6 is 0 Å². The van der Waals surface area contributed by atoms with Crippen LogP contribution in [-0.4, -0.2) is 21.5 Å². The van der Waals surface area contributed by atoms with Gasteiger partial charge in [0.15, 0.2) is 5.65 Å². The average molecular weight is 246 g/mol. The zero-order valence-corrected chi connectivity index (χ0v) is 11.6. The van der Waals surface area contributed by atoms with Crippen molar-refractivity contribution in [3.8, 4) is 0 Å². The smallest absolute Gasteiger partial charge is 0.177 e. The van der Waals surface area contributed by atoms with Gasteiger partial charge in [-0.1, -0.05) is 20.8 Å². The van der Waals surface area contributed by atoms with E-state index in [1.165, 1.54) is 0 Å². The highest BCUT2D eigenvalue weighted by molar-refractivity contribution is 5.70. The molecule has 3 N–H and O–H groups in total. The normalized spacial score (nSPS) is 14.1. The number of hydrogen-bond donors (Lipinski definition) is 2. The van der Waals surface area contributed by atoms with Crippen molar-refractivity contribution in [2.24, 2.45) is 11.1 Å². The fraction of sp³-hybridized carbons (Fsp3) is 0.571. The van der Waals surface area contributed by atoms with Crippen LogP contribution in [-0.2, 0) is 0 Å². The van der Waals surface area contributed by atoms with E-state index >= 15 is 0 Å². The van der Waals surface area contributed by atoms with Gasteiger partial charge in [-0.05, 0) is 30.9 Å². The standard InChI is InChI=1S/C14H22N4/c1-9-5-6-11-13(16-9)18-12(17-11)10(8-15)7-14(2,3)4/h5-6,10H,7-8,15H2,1-4H3,(H,16,17,18). The number of nitrogens with zero attached hydrogens (tertiary/aromatic N) is 2. The Morgan fingerprint density at radius 3 is 2.61 bits per heavy atom. The number of rotatable bonds is 3. The van der Waals surface area contributed by atoms with E-state index < -0.39 is 0 Å². The maximum Gasteiger partial charge on any atom is 0.177 e. The molecule has 2 rings (SSSR count). The first kappa shape index (κ1) is 13.0. The maximum atomic E-state index is 5.88. The SMILES string of the molecule is Cc1ccc2[nH]c(C(CN)CC(C)(C)C)nc2n1. The Labute approximate surface area is 108 Å². The summed E-state index contributed by atoms with van der Waals surface area (Å²) in [5, 5.41) is 0. The Morgan fingerprint density at radius 1 is 1.28 bits per heavy atom. The molecule has 1 unspecified atom stereocenters. The highest BCUT2D eigenvalue weighted by Crippen LogP contribution is 2.29. The summed E-state index contributed by atoms with van der Waals surface area (Å²) in [6.07, 6.45) is 1.02. The molecule has 18 heavy (non-hydrogen) atoms. The number of hydrogen-bond acceptors (Lipinski definition) is 3. The van der Waals surface area contributed by atoms with E-state index in [9.17, 15) is 0 Å². The van der Waals surface area contributed by atoms with Crippen LogP contribution in [0.25, 0.3) is 11.2 Å². The lowest BCUT2D eigenvalue weighted by molar-refractivity contribution is 0.337. The van der Waals surface area contributed by atoms with Crippen LogP contribution < -0.4 is 5.73 Å². The van der Waals surface area contributed by atoms with Gasteiger partial charge in [-0.2, -0.15) is 0 Å². The summed E-state index contributed by atoms with van der Waals surface area (Å²) in [7, 11) is 0. The van der Waals surface area contributed by atoms with Crippen LogP contribution in [0.1, 0.15) is 44.6 Å². The van der Waals surface area contributed by atoms with E-state index in [1.54, 1.807) is 0 Å². The minimum absolute atomic E-state index is 0.242. The van der Waals surface area contributed by atoms with Crippen molar-refractivity contribution in [2.75, 3.05) is 6.54 Å². The Morgan fingerprint density at radius 2 is 2.00 bits per heavy atom. The van der Waals surface area contributed by atoms with Crippen molar-refractivity contribution in [2.45, 2.75) is 40.0 Å². The van der Waals surface area contributed by atoms with Gasteiger partial charge in [0.2, 0.25) is 0 Å². The van der Waals surface area contributed by atoms with Crippen LogP contribution in [0.4, 0.5) is 0 Å². The van der Waals surface area contributed by atoms with E-state index in [-0.39, 0.29) is 11.3 Å². The summed E-state index contributed by atoms with van der Waals surface area (Å²) >= 11 is 0. The Hall–Kier alpha value is -1.42. The molecule has 2 heterocycles. The highest BCUT2D eigenvalue weighted by Gasteiger charge is 2.22. The first-order valence-corrected chi connectivity index (χ1v) is 6.42. The molecule has 4 nitrogen and oxygen atoms in total. The minimum Gasteiger partial charge on any atom is -0.340 e. The summed E-state index contributed by atoms with van der Waals surface area (Å²) in [6.45, 7) is 9.25. The van der Waals surface area contributed by atoms with Gasteiger partial charge < -0.3 is 10.7 Å². The van der Waals surface area contributed by atoms with Gasteiger partial charge in [0.25, 0.3) is 0 Å². The third-order valence-electron chi connectivity index (χ3n) is 3.03. The molecule has 0 saturated heterocycles. The molecular formula is C14H22N4. The maximum absolute atomic E-state index is 5.88. The van der Waals surface area contributed by atoms with Crippen LogP contribution in [0.15, 0.2) is 12.1 Å². The molecule has 0 fully saturated rings. The van der Waals surface area contributed by atoms with Crippen LogP contribution in [0.5, 0.6) is 0 Å². The second-order valence-electron chi connectivity index (χ2n) is 6.14. The van der Waals surface area contributed by atoms with Crippen LogP contribution in [0, 0.1) is 12.3 Å². The number of H-pyrrole nitrogens is 1. The molecular weight excluding hydrogens is 224 g/mol. The molecule has 0 bridgehead atoms. The van der Waals surface area contributed by atoms with Gasteiger partial charge >= 0.3 is 0 Å². The summed E-state index contributed by atoms with van der Waals surface area (Å²) in [5.74, 6) is 1.22. The number of nitrogens with one attached hydrogen (secondary N) is 1. The number of pyridine rings is 1. The predicted octanol–water partition coefficient (Wildman–Crippen LogP) is 2.74. The number of fused-ring (bicyclic) bond motifs is 1. The molecule has 0 radical (unpaired) electrons. The molecule has 0 spiro atoms. The van der Waals surface area contributed by atoms with Gasteiger partial charge in [-0.3, -0.25) is 0 Å². The lowest BCUT2D eigenvalue weighted by Crippen LogP contribution is -2.20. The molecule has 0 aliphatic carbocycles.